The zero-order valence-electron chi connectivity index (χ0n) is 9.26. The molecule has 3 nitrogen and oxygen atoms in total. The van der Waals surface area contributed by atoms with Crippen LogP contribution in [0, 0.1) is 5.92 Å². The Morgan fingerprint density at radius 1 is 1.62 bits per heavy atom. The van der Waals surface area contributed by atoms with E-state index in [4.69, 9.17) is 5.11 Å². The maximum absolute atomic E-state index is 12.1. The molecule has 2 heterocycles. The van der Waals surface area contributed by atoms with Gasteiger partial charge in [-0.05, 0) is 36.6 Å². The van der Waals surface area contributed by atoms with E-state index < -0.39 is 0 Å². The average molecular weight is 239 g/mol. The Kier molecular flexibility index (Phi) is 3.96. The second-order valence-corrected chi connectivity index (χ2v) is 5.20. The van der Waals surface area contributed by atoms with Gasteiger partial charge in [0.05, 0.1) is 4.88 Å². The average Bonchev–Trinajstić information content (AvgIpc) is 2.82. The molecule has 1 aliphatic heterocycles. The van der Waals surface area contributed by atoms with Crippen molar-refractivity contribution in [2.24, 2.45) is 5.92 Å². The summed E-state index contributed by atoms with van der Waals surface area (Å²) in [5, 5.41) is 10.9. The van der Waals surface area contributed by atoms with Crippen molar-refractivity contribution >= 4 is 17.2 Å². The molecule has 16 heavy (non-hydrogen) atoms. The van der Waals surface area contributed by atoms with E-state index in [9.17, 15) is 4.79 Å². The number of aliphatic hydroxyl groups is 1. The van der Waals surface area contributed by atoms with E-state index >= 15 is 0 Å². The summed E-state index contributed by atoms with van der Waals surface area (Å²) in [4.78, 5) is 14.8. The third-order valence-corrected chi connectivity index (χ3v) is 3.93. The first-order valence-electron chi connectivity index (χ1n) is 5.75. The highest BCUT2D eigenvalue weighted by atomic mass is 32.1. The van der Waals surface area contributed by atoms with Crippen LogP contribution in [0.3, 0.4) is 0 Å². The molecule has 0 bridgehead atoms. The number of rotatable bonds is 3. The number of likely N-dealkylation sites (tertiary alicyclic amines) is 1. The number of hydrogen-bond donors (Lipinski definition) is 1. The largest absolute Gasteiger partial charge is 0.396 e. The van der Waals surface area contributed by atoms with Crippen LogP contribution in [0.1, 0.15) is 28.9 Å². The van der Waals surface area contributed by atoms with Crippen LogP contribution in [0.5, 0.6) is 0 Å². The van der Waals surface area contributed by atoms with E-state index in [1.54, 1.807) is 0 Å². The van der Waals surface area contributed by atoms with Gasteiger partial charge in [0.15, 0.2) is 0 Å². The molecule has 1 amide bonds. The minimum atomic E-state index is 0.151. The van der Waals surface area contributed by atoms with Crippen molar-refractivity contribution < 1.29 is 9.90 Å². The summed E-state index contributed by atoms with van der Waals surface area (Å²) in [5.74, 6) is 0.625. The lowest BCUT2D eigenvalue weighted by Gasteiger charge is -2.32. The van der Waals surface area contributed by atoms with Gasteiger partial charge in [0.2, 0.25) is 0 Å². The van der Waals surface area contributed by atoms with Crippen molar-refractivity contribution in [1.82, 2.24) is 4.90 Å². The number of amides is 1. The minimum Gasteiger partial charge on any atom is -0.396 e. The molecule has 1 unspecified atom stereocenters. The van der Waals surface area contributed by atoms with Crippen LogP contribution >= 0.6 is 11.3 Å². The van der Waals surface area contributed by atoms with Crippen LogP contribution in [0.15, 0.2) is 17.5 Å². The highest BCUT2D eigenvalue weighted by Crippen LogP contribution is 2.22. The summed E-state index contributed by atoms with van der Waals surface area (Å²) >= 11 is 1.50. The van der Waals surface area contributed by atoms with Gasteiger partial charge in [-0.25, -0.2) is 0 Å². The zero-order valence-corrected chi connectivity index (χ0v) is 10.1. The third kappa shape index (κ3) is 2.62. The van der Waals surface area contributed by atoms with Crippen LogP contribution in [0.4, 0.5) is 0 Å². The first-order chi connectivity index (χ1) is 7.81. The van der Waals surface area contributed by atoms with Crippen LogP contribution in [-0.4, -0.2) is 35.6 Å². The quantitative estimate of drug-likeness (QED) is 0.876. The van der Waals surface area contributed by atoms with Crippen molar-refractivity contribution in [3.63, 3.8) is 0 Å². The number of nitrogens with zero attached hydrogens (tertiary/aromatic N) is 1. The maximum Gasteiger partial charge on any atom is 0.263 e. The number of thiophene rings is 1. The van der Waals surface area contributed by atoms with E-state index in [0.717, 1.165) is 37.2 Å². The number of carbonyl (C=O) groups excluding carboxylic acids is 1. The van der Waals surface area contributed by atoms with Gasteiger partial charge in [0.1, 0.15) is 0 Å². The molecule has 4 heteroatoms. The Bertz CT molecular complexity index is 335. The van der Waals surface area contributed by atoms with Gasteiger partial charge in [-0.3, -0.25) is 4.79 Å². The number of aliphatic hydroxyl groups excluding tert-OH is 1. The predicted octanol–water partition coefficient (Wildman–Crippen LogP) is 1.98. The molecule has 1 atom stereocenters. The molecule has 0 saturated carbocycles. The third-order valence-electron chi connectivity index (χ3n) is 3.08. The van der Waals surface area contributed by atoms with Gasteiger partial charge < -0.3 is 10.0 Å². The Balaban J connectivity index is 1.96. The molecule has 0 spiro atoms. The minimum absolute atomic E-state index is 0.151. The molecule has 1 fully saturated rings. The molecule has 2 rings (SSSR count). The molecule has 1 N–H and O–H groups in total. The summed E-state index contributed by atoms with van der Waals surface area (Å²) in [7, 11) is 0. The van der Waals surface area contributed by atoms with E-state index in [1.165, 1.54) is 11.3 Å². The smallest absolute Gasteiger partial charge is 0.263 e. The second-order valence-electron chi connectivity index (χ2n) is 4.25. The molecule has 0 aromatic carbocycles. The van der Waals surface area contributed by atoms with Gasteiger partial charge >= 0.3 is 0 Å². The first kappa shape index (κ1) is 11.6. The number of piperidine rings is 1. The van der Waals surface area contributed by atoms with Gasteiger partial charge in [-0.1, -0.05) is 6.07 Å². The van der Waals surface area contributed by atoms with Gasteiger partial charge in [0.25, 0.3) is 5.91 Å². The van der Waals surface area contributed by atoms with Crippen molar-refractivity contribution in [3.05, 3.63) is 22.4 Å². The molecule has 1 saturated heterocycles. The van der Waals surface area contributed by atoms with E-state index in [-0.39, 0.29) is 12.5 Å². The molecule has 1 aromatic heterocycles. The van der Waals surface area contributed by atoms with Crippen LogP contribution in [0.2, 0.25) is 0 Å². The molecule has 0 aliphatic carbocycles. The molecular weight excluding hydrogens is 222 g/mol. The van der Waals surface area contributed by atoms with Crippen molar-refractivity contribution in [2.75, 3.05) is 19.7 Å². The van der Waals surface area contributed by atoms with Crippen LogP contribution in [-0.2, 0) is 0 Å². The van der Waals surface area contributed by atoms with E-state index in [0.29, 0.717) is 5.92 Å². The SMILES string of the molecule is O=C(c1cccs1)N1CCCC(CCO)C1. The number of carbonyl (C=O) groups is 1. The maximum atomic E-state index is 12.1. The van der Waals surface area contributed by atoms with Gasteiger partial charge in [-0.2, -0.15) is 0 Å². The zero-order chi connectivity index (χ0) is 11.4. The molecule has 88 valence electrons. The lowest BCUT2D eigenvalue weighted by Crippen LogP contribution is -2.39. The highest BCUT2D eigenvalue weighted by molar-refractivity contribution is 7.12. The molecule has 0 radical (unpaired) electrons. The topological polar surface area (TPSA) is 40.5 Å². The summed E-state index contributed by atoms with van der Waals surface area (Å²) < 4.78 is 0. The van der Waals surface area contributed by atoms with Crippen molar-refractivity contribution in [2.45, 2.75) is 19.3 Å². The summed E-state index contributed by atoms with van der Waals surface area (Å²) in [5.41, 5.74) is 0. The second kappa shape index (κ2) is 5.46. The van der Waals surface area contributed by atoms with Gasteiger partial charge in [0, 0.05) is 19.7 Å². The Morgan fingerprint density at radius 2 is 2.50 bits per heavy atom. The summed E-state index contributed by atoms with van der Waals surface area (Å²) in [6.45, 7) is 1.89. The fourth-order valence-corrected chi connectivity index (χ4v) is 2.91. The van der Waals surface area contributed by atoms with Crippen molar-refractivity contribution in [1.29, 1.82) is 0 Å². The molecule has 1 aromatic rings. The monoisotopic (exact) mass is 239 g/mol. The normalized spacial score (nSPS) is 21.1. The predicted molar refractivity (Wildman–Crippen MR) is 64.6 cm³/mol. The van der Waals surface area contributed by atoms with Crippen molar-refractivity contribution in [3.8, 4) is 0 Å². The highest BCUT2D eigenvalue weighted by Gasteiger charge is 2.24. The Hall–Kier alpha value is -0.870. The van der Waals surface area contributed by atoms with Gasteiger partial charge in [-0.15, -0.1) is 11.3 Å². The van der Waals surface area contributed by atoms with E-state index in [1.807, 2.05) is 22.4 Å². The summed E-state index contributed by atoms with van der Waals surface area (Å²) in [6.07, 6.45) is 3.00. The lowest BCUT2D eigenvalue weighted by molar-refractivity contribution is 0.0658. The fraction of sp³-hybridized carbons (Fsp3) is 0.583. The lowest BCUT2D eigenvalue weighted by atomic mass is 9.95. The Morgan fingerprint density at radius 3 is 3.19 bits per heavy atom. The molecular formula is C12H17NO2S. The Labute approximate surface area is 99.7 Å². The fourth-order valence-electron chi connectivity index (χ4n) is 2.22. The standard InChI is InChI=1S/C12H17NO2S/c14-7-5-10-3-1-6-13(9-10)12(15)11-4-2-8-16-11/h2,4,8,10,14H,1,3,5-7,9H2. The first-order valence-corrected chi connectivity index (χ1v) is 6.63. The molecule has 1 aliphatic rings. The number of hydrogen-bond acceptors (Lipinski definition) is 3. The van der Waals surface area contributed by atoms with Crippen LogP contribution < -0.4 is 0 Å². The van der Waals surface area contributed by atoms with E-state index in [2.05, 4.69) is 0 Å². The van der Waals surface area contributed by atoms with Crippen LogP contribution in [0.25, 0.3) is 0 Å². The summed E-state index contributed by atoms with van der Waals surface area (Å²) in [6, 6.07) is 3.79.